The normalized spacial score (nSPS) is 15.2. The van der Waals surface area contributed by atoms with E-state index in [1.54, 1.807) is 0 Å². The summed E-state index contributed by atoms with van der Waals surface area (Å²) in [7, 11) is 0. The van der Waals surface area contributed by atoms with Crippen LogP contribution in [0.25, 0.3) is 4.85 Å². The zero-order valence-electron chi connectivity index (χ0n) is 20.4. The molecule has 5 heteroatoms. The van der Waals surface area contributed by atoms with E-state index in [2.05, 4.69) is 43.1 Å². The summed E-state index contributed by atoms with van der Waals surface area (Å²) in [5.41, 5.74) is 4.75. The molecule has 1 saturated heterocycles. The first-order valence-electron chi connectivity index (χ1n) is 11.5. The molecular weight excluding hydrogens is 471 g/mol. The minimum Gasteiger partial charge on any atom is -0.321 e. The molecule has 1 amide bonds. The van der Waals surface area contributed by atoms with Crippen LogP contribution in [-0.2, 0) is 37.5 Å². The third-order valence-electron chi connectivity index (χ3n) is 6.52. The number of likely N-dealkylation sites (tertiary alicyclic amines) is 1. The fourth-order valence-corrected chi connectivity index (χ4v) is 4.75. The molecule has 0 saturated carbocycles. The Kier molecular flexibility index (Phi) is 12.4. The molecule has 169 valence electrons. The number of likely N-dealkylation sites (N-methyl/N-ethyl adjacent to an activating group) is 1. The van der Waals surface area contributed by atoms with Crippen molar-refractivity contribution < 1.29 is 42.0 Å². The molecule has 1 N–H and O–H groups in total. The van der Waals surface area contributed by atoms with Crippen LogP contribution in [0.3, 0.4) is 0 Å². The molecule has 1 fully saturated rings. The van der Waals surface area contributed by atoms with Crippen LogP contribution < -0.4 is 5.32 Å². The van der Waals surface area contributed by atoms with Gasteiger partial charge in [0.2, 0.25) is 0 Å². The number of piperidine rings is 1. The molecule has 2 aromatic carbocycles. The summed E-state index contributed by atoms with van der Waals surface area (Å²) < 4.78 is 0.917. The maximum absolute atomic E-state index is 13.1. The van der Waals surface area contributed by atoms with Gasteiger partial charge in [-0.3, -0.25) is 4.79 Å². The fraction of sp³-hybridized carbons (Fsp3) is 0.481. The predicted molar refractivity (Wildman–Crippen MR) is 130 cm³/mol. The number of anilines is 1. The Morgan fingerprint density at radius 2 is 1.59 bits per heavy atom. The van der Waals surface area contributed by atoms with Gasteiger partial charge < -0.3 is 9.80 Å². The van der Waals surface area contributed by atoms with Gasteiger partial charge in [-0.05, 0) is 58.1 Å². The molecule has 1 aliphatic heterocycles. The summed E-state index contributed by atoms with van der Waals surface area (Å²) in [5.74, 6) is 0.128. The van der Waals surface area contributed by atoms with Crippen molar-refractivity contribution in [3.05, 3.63) is 70.6 Å². The van der Waals surface area contributed by atoms with Crippen LogP contribution in [0.4, 0.5) is 11.4 Å². The zero-order chi connectivity index (χ0) is 22.9. The van der Waals surface area contributed by atoms with Crippen molar-refractivity contribution >= 4 is 17.3 Å². The molecule has 1 aliphatic rings. The number of carbonyl (C=O) groups excluding carboxylic acids is 1. The van der Waals surface area contributed by atoms with E-state index >= 15 is 0 Å². The molecule has 0 aliphatic carbocycles. The minimum atomic E-state index is 0. The number of nitrogens with zero attached hydrogens (tertiary/aromatic N) is 2. The Hall–Kier alpha value is -1.54. The summed E-state index contributed by atoms with van der Waals surface area (Å²) in [4.78, 5) is 16.6. The van der Waals surface area contributed by atoms with Crippen molar-refractivity contribution in [2.45, 2.75) is 66.3 Å². The Bertz CT molecular complexity index is 876. The Morgan fingerprint density at radius 3 is 2.00 bits per heavy atom. The van der Waals surface area contributed by atoms with Gasteiger partial charge in [0.1, 0.15) is 0 Å². The summed E-state index contributed by atoms with van der Waals surface area (Å²) in [6.07, 6.45) is 4.58. The molecule has 1 radical (unpaired) electrons. The van der Waals surface area contributed by atoms with Gasteiger partial charge >= 0.3 is 0 Å². The SMILES string of the molecule is Cc1ccccc1.[C-]#[N+]c1cc(C)c(NC(=O)C(CC)[N+]2(CC)CCCCC2)c(C)c1.[Y]. The summed E-state index contributed by atoms with van der Waals surface area (Å²) in [5, 5.41) is 3.18. The van der Waals surface area contributed by atoms with E-state index < -0.39 is 0 Å². The second-order valence-electron chi connectivity index (χ2n) is 8.68. The number of carbonyl (C=O) groups is 1. The van der Waals surface area contributed by atoms with E-state index in [0.717, 1.165) is 47.4 Å². The number of benzene rings is 2. The average molecular weight is 510 g/mol. The van der Waals surface area contributed by atoms with Crippen molar-refractivity contribution in [1.82, 2.24) is 0 Å². The number of aryl methyl sites for hydroxylation is 3. The zero-order valence-corrected chi connectivity index (χ0v) is 23.3. The van der Waals surface area contributed by atoms with E-state index in [-0.39, 0.29) is 44.7 Å². The molecule has 4 nitrogen and oxygen atoms in total. The van der Waals surface area contributed by atoms with Gasteiger partial charge in [0.15, 0.2) is 11.7 Å². The van der Waals surface area contributed by atoms with Crippen molar-refractivity contribution in [1.29, 1.82) is 0 Å². The van der Waals surface area contributed by atoms with Gasteiger partial charge in [-0.2, -0.15) is 0 Å². The third kappa shape index (κ3) is 7.51. The van der Waals surface area contributed by atoms with Gasteiger partial charge in [0.05, 0.1) is 26.2 Å². The molecule has 3 rings (SSSR count). The quantitative estimate of drug-likeness (QED) is 0.358. The Morgan fingerprint density at radius 1 is 1.03 bits per heavy atom. The van der Waals surface area contributed by atoms with Crippen LogP contribution >= 0.6 is 0 Å². The van der Waals surface area contributed by atoms with E-state index in [1.807, 2.05) is 44.2 Å². The van der Waals surface area contributed by atoms with Gasteiger partial charge in [-0.1, -0.05) is 55.0 Å². The second-order valence-corrected chi connectivity index (χ2v) is 8.68. The number of rotatable bonds is 5. The van der Waals surface area contributed by atoms with Crippen molar-refractivity contribution in [3.8, 4) is 0 Å². The molecule has 1 heterocycles. The minimum absolute atomic E-state index is 0. The number of hydrogen-bond acceptors (Lipinski definition) is 1. The van der Waals surface area contributed by atoms with Gasteiger partial charge in [-0.25, -0.2) is 4.85 Å². The third-order valence-corrected chi connectivity index (χ3v) is 6.52. The van der Waals surface area contributed by atoms with Gasteiger partial charge in [-0.15, -0.1) is 0 Å². The monoisotopic (exact) mass is 509 g/mol. The Labute approximate surface area is 220 Å². The standard InChI is InChI=1S/C20H29N3O.C7H8.Y/c1-6-18(23(7-2)11-9-8-10-12-23)20(24)22-19-15(3)13-17(21-5)14-16(19)4;1-7-5-3-2-4-6-7;/h13-14,18H,6-12H2,1-4H3;2-6H,1H3;/p+1. The largest absolute Gasteiger partial charge is 0.321 e. The van der Waals surface area contributed by atoms with Crippen LogP contribution in [0.2, 0.25) is 0 Å². The van der Waals surface area contributed by atoms with Gasteiger partial charge in [0, 0.05) is 44.8 Å². The maximum Gasteiger partial charge on any atom is 0.282 e. The maximum atomic E-state index is 13.1. The van der Waals surface area contributed by atoms with Crippen LogP contribution in [0, 0.1) is 27.3 Å². The summed E-state index contributed by atoms with van der Waals surface area (Å²) in [6, 6.07) is 14.0. The smallest absolute Gasteiger partial charge is 0.282 e. The van der Waals surface area contributed by atoms with Crippen LogP contribution in [0.1, 0.15) is 56.2 Å². The molecule has 0 bridgehead atoms. The average Bonchev–Trinajstić information content (AvgIpc) is 2.78. The topological polar surface area (TPSA) is 33.5 Å². The fourth-order valence-electron chi connectivity index (χ4n) is 4.75. The van der Waals surface area contributed by atoms with Crippen LogP contribution in [0.5, 0.6) is 0 Å². The van der Waals surface area contributed by atoms with Crippen molar-refractivity contribution in [2.24, 2.45) is 0 Å². The van der Waals surface area contributed by atoms with Gasteiger partial charge in [0.25, 0.3) is 5.91 Å². The molecule has 32 heavy (non-hydrogen) atoms. The summed E-state index contributed by atoms with van der Waals surface area (Å²) in [6.45, 7) is 20.7. The number of amides is 1. The number of hydrogen-bond donors (Lipinski definition) is 1. The molecule has 0 aromatic heterocycles. The number of nitrogens with one attached hydrogen (secondary N) is 1. The molecule has 2 aromatic rings. The first kappa shape index (κ1) is 28.5. The van der Waals surface area contributed by atoms with E-state index in [1.165, 1.54) is 24.8 Å². The Balaban J connectivity index is 0.000000545. The second kappa shape index (κ2) is 13.9. The first-order chi connectivity index (χ1) is 14.9. The summed E-state index contributed by atoms with van der Waals surface area (Å²) >= 11 is 0. The van der Waals surface area contributed by atoms with Crippen molar-refractivity contribution in [2.75, 3.05) is 25.0 Å². The van der Waals surface area contributed by atoms with E-state index in [0.29, 0.717) is 5.69 Å². The molecule has 0 spiro atoms. The molecule has 1 atom stereocenters. The van der Waals surface area contributed by atoms with E-state index in [4.69, 9.17) is 6.57 Å². The van der Waals surface area contributed by atoms with E-state index in [9.17, 15) is 4.79 Å². The molecule has 1 unspecified atom stereocenters. The van der Waals surface area contributed by atoms with Crippen LogP contribution in [0.15, 0.2) is 42.5 Å². The number of quaternary nitrogens is 1. The van der Waals surface area contributed by atoms with Crippen molar-refractivity contribution in [3.63, 3.8) is 0 Å². The first-order valence-corrected chi connectivity index (χ1v) is 11.5. The predicted octanol–water partition coefficient (Wildman–Crippen LogP) is 6.58. The van der Waals surface area contributed by atoms with Crippen LogP contribution in [-0.4, -0.2) is 36.1 Å². The molecular formula is C27H38N3OY+.